The van der Waals surface area contributed by atoms with Crippen LogP contribution >= 0.6 is 34.4 Å². The lowest BCUT2D eigenvalue weighted by molar-refractivity contribution is -0.129. The van der Waals surface area contributed by atoms with E-state index in [0.29, 0.717) is 11.8 Å². The van der Waals surface area contributed by atoms with E-state index >= 15 is 0 Å². The lowest BCUT2D eigenvalue weighted by atomic mass is 9.94. The largest absolute Gasteiger partial charge is 0.342 e. The first kappa shape index (κ1) is 17.0. The first-order valence-electron chi connectivity index (χ1n) is 8.05. The molecule has 1 fully saturated rings. The highest BCUT2D eigenvalue weighted by atomic mass is 32.2. The van der Waals surface area contributed by atoms with Gasteiger partial charge in [-0.05, 0) is 24.3 Å². The van der Waals surface area contributed by atoms with Gasteiger partial charge in [-0.15, -0.1) is 34.4 Å². The van der Waals surface area contributed by atoms with Crippen molar-refractivity contribution in [1.82, 2.24) is 9.88 Å². The predicted molar refractivity (Wildman–Crippen MR) is 101 cm³/mol. The average molecular weight is 367 g/mol. The Morgan fingerprint density at radius 1 is 1.35 bits per heavy atom. The number of thiazole rings is 1. The molecule has 0 N–H and O–H groups in total. The van der Waals surface area contributed by atoms with E-state index in [4.69, 9.17) is 0 Å². The van der Waals surface area contributed by atoms with Gasteiger partial charge < -0.3 is 4.90 Å². The zero-order valence-electron chi connectivity index (χ0n) is 13.4. The van der Waals surface area contributed by atoms with Crippen molar-refractivity contribution in [1.29, 1.82) is 0 Å². The number of carbonyl (C=O) groups excluding carboxylic acids is 1. The normalized spacial score (nSPS) is 15.7. The van der Waals surface area contributed by atoms with E-state index in [2.05, 4.69) is 27.9 Å². The van der Waals surface area contributed by atoms with Gasteiger partial charge in [0.1, 0.15) is 5.01 Å². The highest BCUT2D eigenvalue weighted by Gasteiger charge is 2.21. The van der Waals surface area contributed by atoms with Crippen LogP contribution in [0.4, 0.5) is 0 Å². The third-order valence-electron chi connectivity index (χ3n) is 4.27. The minimum atomic E-state index is 0.260. The second-order valence-electron chi connectivity index (χ2n) is 5.91. The van der Waals surface area contributed by atoms with Gasteiger partial charge in [0.15, 0.2) is 0 Å². The number of hydrogen-bond donors (Lipinski definition) is 0. The molecule has 3 rings (SSSR count). The van der Waals surface area contributed by atoms with Gasteiger partial charge in [-0.3, -0.25) is 4.79 Å². The molecule has 0 bridgehead atoms. The van der Waals surface area contributed by atoms with Gasteiger partial charge in [0, 0.05) is 24.2 Å². The average Bonchev–Trinajstić information content (AvgIpc) is 3.26. The molecule has 0 radical (unpaired) electrons. The van der Waals surface area contributed by atoms with Gasteiger partial charge in [0.25, 0.3) is 0 Å². The molecule has 0 atom stereocenters. The Balaban J connectivity index is 1.44. The third-order valence-corrected chi connectivity index (χ3v) is 7.16. The summed E-state index contributed by atoms with van der Waals surface area (Å²) in [5.41, 5.74) is 1.08. The van der Waals surface area contributed by atoms with E-state index in [1.54, 1.807) is 34.4 Å². The Kier molecular flexibility index (Phi) is 6.14. The maximum Gasteiger partial charge on any atom is 0.232 e. The molecule has 1 amide bonds. The molecule has 2 aromatic rings. The zero-order valence-corrected chi connectivity index (χ0v) is 15.8. The van der Waals surface area contributed by atoms with Crippen molar-refractivity contribution in [2.24, 2.45) is 0 Å². The van der Waals surface area contributed by atoms with Crippen molar-refractivity contribution in [3.8, 4) is 9.88 Å². The van der Waals surface area contributed by atoms with E-state index in [-0.39, 0.29) is 5.91 Å². The monoisotopic (exact) mass is 366 g/mol. The van der Waals surface area contributed by atoms with Crippen molar-refractivity contribution in [3.63, 3.8) is 0 Å². The molecule has 2 aromatic heterocycles. The second-order valence-corrected chi connectivity index (χ2v) is 8.70. The van der Waals surface area contributed by atoms with Crippen molar-refractivity contribution >= 4 is 40.3 Å². The number of rotatable bonds is 6. The summed E-state index contributed by atoms with van der Waals surface area (Å²) >= 11 is 5.08. The molecule has 1 aliphatic carbocycles. The van der Waals surface area contributed by atoms with Gasteiger partial charge in [0.05, 0.1) is 16.3 Å². The zero-order chi connectivity index (χ0) is 16.1. The van der Waals surface area contributed by atoms with E-state index < -0.39 is 0 Å². The molecule has 23 heavy (non-hydrogen) atoms. The SMILES string of the molecule is CN(C(=O)CSCc1csc(-c2cccs2)n1)C1CCCCC1. The lowest BCUT2D eigenvalue weighted by Crippen LogP contribution is -2.39. The molecule has 0 saturated heterocycles. The number of carbonyl (C=O) groups is 1. The summed E-state index contributed by atoms with van der Waals surface area (Å²) < 4.78 is 0. The van der Waals surface area contributed by atoms with Gasteiger partial charge in [-0.1, -0.05) is 25.3 Å². The van der Waals surface area contributed by atoms with Crippen LogP contribution in [0.3, 0.4) is 0 Å². The fourth-order valence-electron chi connectivity index (χ4n) is 2.90. The lowest BCUT2D eigenvalue weighted by Gasteiger charge is -2.31. The fourth-order valence-corrected chi connectivity index (χ4v) is 5.48. The number of thiophene rings is 1. The minimum absolute atomic E-state index is 0.260. The number of amides is 1. The standard InChI is InChI=1S/C17H22N2OS3/c1-19(14-6-3-2-4-7-14)16(20)12-21-10-13-11-23-17(18-13)15-8-5-9-22-15/h5,8-9,11,14H,2-4,6-7,10,12H2,1H3. The molecule has 124 valence electrons. The Morgan fingerprint density at radius 3 is 2.91 bits per heavy atom. The number of aromatic nitrogens is 1. The van der Waals surface area contributed by atoms with Crippen molar-refractivity contribution in [2.75, 3.05) is 12.8 Å². The van der Waals surface area contributed by atoms with Crippen molar-refractivity contribution in [3.05, 3.63) is 28.6 Å². The second kappa shape index (κ2) is 8.31. The molecule has 3 nitrogen and oxygen atoms in total. The molecule has 0 aliphatic heterocycles. The maximum atomic E-state index is 12.3. The van der Waals surface area contributed by atoms with Crippen LogP contribution in [-0.4, -0.2) is 34.6 Å². The highest BCUT2D eigenvalue weighted by molar-refractivity contribution is 7.99. The van der Waals surface area contributed by atoms with E-state index in [1.807, 2.05) is 11.9 Å². The quantitative estimate of drug-likeness (QED) is 0.729. The number of hydrogen-bond acceptors (Lipinski definition) is 5. The minimum Gasteiger partial charge on any atom is -0.342 e. The highest BCUT2D eigenvalue weighted by Crippen LogP contribution is 2.29. The van der Waals surface area contributed by atoms with Gasteiger partial charge in [-0.25, -0.2) is 4.98 Å². The van der Waals surface area contributed by atoms with Crippen molar-refractivity contribution in [2.45, 2.75) is 43.9 Å². The fraction of sp³-hybridized carbons (Fsp3) is 0.529. The molecule has 0 spiro atoms. The molecule has 0 aromatic carbocycles. The van der Waals surface area contributed by atoms with Crippen LogP contribution in [0.5, 0.6) is 0 Å². The molecule has 2 heterocycles. The van der Waals surface area contributed by atoms with Gasteiger partial charge in [-0.2, -0.15) is 0 Å². The van der Waals surface area contributed by atoms with Gasteiger partial charge >= 0.3 is 0 Å². The maximum absolute atomic E-state index is 12.3. The summed E-state index contributed by atoms with van der Waals surface area (Å²) in [4.78, 5) is 20.2. The number of nitrogens with zero attached hydrogens (tertiary/aromatic N) is 2. The van der Waals surface area contributed by atoms with E-state index in [9.17, 15) is 4.79 Å². The predicted octanol–water partition coefficient (Wildman–Crippen LogP) is 4.90. The van der Waals surface area contributed by atoms with E-state index in [1.165, 1.54) is 37.0 Å². The van der Waals surface area contributed by atoms with Crippen molar-refractivity contribution < 1.29 is 4.79 Å². The van der Waals surface area contributed by atoms with Crippen LogP contribution in [-0.2, 0) is 10.5 Å². The third kappa shape index (κ3) is 4.58. The van der Waals surface area contributed by atoms with E-state index in [0.717, 1.165) is 16.5 Å². The molecule has 6 heteroatoms. The summed E-state index contributed by atoms with van der Waals surface area (Å²) in [7, 11) is 1.97. The van der Waals surface area contributed by atoms with Crippen LogP contribution in [0.25, 0.3) is 9.88 Å². The van der Waals surface area contributed by atoms with Crippen LogP contribution in [0.15, 0.2) is 22.9 Å². The van der Waals surface area contributed by atoms with Crippen LogP contribution < -0.4 is 0 Å². The summed E-state index contributed by atoms with van der Waals surface area (Å²) in [6.07, 6.45) is 6.19. The van der Waals surface area contributed by atoms with Crippen LogP contribution in [0.1, 0.15) is 37.8 Å². The smallest absolute Gasteiger partial charge is 0.232 e. The summed E-state index contributed by atoms with van der Waals surface area (Å²) in [6, 6.07) is 4.61. The molecular weight excluding hydrogens is 344 g/mol. The summed E-state index contributed by atoms with van der Waals surface area (Å²) in [5, 5.41) is 5.27. The molecular formula is C17H22N2OS3. The van der Waals surface area contributed by atoms with Crippen LogP contribution in [0, 0.1) is 0 Å². The topological polar surface area (TPSA) is 33.2 Å². The molecule has 0 unspecified atom stereocenters. The Hall–Kier alpha value is -0.850. The summed E-state index contributed by atoms with van der Waals surface area (Å²) in [5.74, 6) is 1.63. The Bertz CT molecular complexity index is 618. The number of thioether (sulfide) groups is 1. The molecule has 1 aliphatic rings. The first-order valence-corrected chi connectivity index (χ1v) is 11.0. The molecule has 1 saturated carbocycles. The Morgan fingerprint density at radius 2 is 2.17 bits per heavy atom. The summed E-state index contributed by atoms with van der Waals surface area (Å²) in [6.45, 7) is 0. The first-order chi connectivity index (χ1) is 11.2. The Labute approximate surface area is 150 Å². The van der Waals surface area contributed by atoms with Crippen LogP contribution in [0.2, 0.25) is 0 Å². The van der Waals surface area contributed by atoms with Gasteiger partial charge in [0.2, 0.25) is 5.91 Å².